The minimum Gasteiger partial charge on any atom is -0.490 e. The molecule has 2 aromatic carbocycles. The van der Waals surface area contributed by atoms with Gasteiger partial charge in [-0.1, -0.05) is 0 Å². The first-order valence-corrected chi connectivity index (χ1v) is 12.4. The Balaban J connectivity index is 1.74. The van der Waals surface area contributed by atoms with Crippen molar-refractivity contribution in [1.29, 1.82) is 0 Å². The number of rotatable bonds is 12. The molecule has 0 unspecified atom stereocenters. The molecule has 1 atom stereocenters. The van der Waals surface area contributed by atoms with Gasteiger partial charge in [0.25, 0.3) is 0 Å². The van der Waals surface area contributed by atoms with Gasteiger partial charge in [0.2, 0.25) is 0 Å². The van der Waals surface area contributed by atoms with Gasteiger partial charge in [0, 0.05) is 49.6 Å². The van der Waals surface area contributed by atoms with E-state index in [9.17, 15) is 0 Å². The van der Waals surface area contributed by atoms with E-state index in [1.165, 1.54) is 12.5 Å². The van der Waals surface area contributed by atoms with Crippen molar-refractivity contribution in [3.8, 4) is 5.75 Å². The number of nitrogens with zero attached hydrogens (tertiary/aromatic N) is 4. The van der Waals surface area contributed by atoms with E-state index in [1.54, 1.807) is 43.7 Å². The maximum atomic E-state index is 15.4. The van der Waals surface area contributed by atoms with Crippen molar-refractivity contribution < 1.29 is 13.9 Å². The van der Waals surface area contributed by atoms with Gasteiger partial charge >= 0.3 is 0 Å². The van der Waals surface area contributed by atoms with Crippen molar-refractivity contribution >= 4 is 45.1 Å². The summed E-state index contributed by atoms with van der Waals surface area (Å²) in [7, 11) is 3.56. The summed E-state index contributed by atoms with van der Waals surface area (Å²) in [6.45, 7) is 3.93. The second-order valence-corrected chi connectivity index (χ2v) is 8.66. The standard InChI is InChI=1S/C28H32FN7O2/c1-18(8-11-37-12-10-31-2)38-25-14-19(20(15-30)16-32-3)13-24-26(25)28(35-17-34-24)36-23-7-6-22-21(27(23)29)5-4-9-33-22/h4-7,9,13-18,31H,8,10-12,30H2,1-3H3,(H,34,35,36)/t18-/m1/s1. The van der Waals surface area contributed by atoms with Crippen LogP contribution in [0.4, 0.5) is 15.9 Å². The van der Waals surface area contributed by atoms with Crippen LogP contribution in [-0.4, -0.2) is 61.1 Å². The highest BCUT2D eigenvalue weighted by Gasteiger charge is 2.18. The maximum absolute atomic E-state index is 15.4. The molecule has 0 aliphatic heterocycles. The molecule has 9 nitrogen and oxygen atoms in total. The Labute approximate surface area is 221 Å². The van der Waals surface area contributed by atoms with E-state index in [-0.39, 0.29) is 11.8 Å². The number of aliphatic imine (C=N–C) groups is 1. The van der Waals surface area contributed by atoms with Gasteiger partial charge in [-0.2, -0.15) is 0 Å². The first kappa shape index (κ1) is 26.9. The van der Waals surface area contributed by atoms with Gasteiger partial charge in [-0.3, -0.25) is 9.98 Å². The first-order valence-electron chi connectivity index (χ1n) is 12.4. The molecule has 2 heterocycles. The molecule has 0 spiro atoms. The number of aromatic nitrogens is 3. The molecule has 198 valence electrons. The number of anilines is 2. The molecule has 4 N–H and O–H groups in total. The lowest BCUT2D eigenvalue weighted by Crippen LogP contribution is -2.18. The molecule has 0 aliphatic rings. The largest absolute Gasteiger partial charge is 0.490 e. The lowest BCUT2D eigenvalue weighted by atomic mass is 10.0. The average Bonchev–Trinajstić information content (AvgIpc) is 2.93. The first-order chi connectivity index (χ1) is 18.5. The number of likely N-dealkylation sites (N-methyl/N-ethyl adjacent to an activating group) is 1. The molecule has 0 bridgehead atoms. The Morgan fingerprint density at radius 1 is 1.16 bits per heavy atom. The lowest BCUT2D eigenvalue weighted by Gasteiger charge is -2.19. The van der Waals surface area contributed by atoms with Crippen LogP contribution in [0.5, 0.6) is 5.75 Å². The van der Waals surface area contributed by atoms with Gasteiger partial charge in [-0.05, 0) is 55.9 Å². The highest BCUT2D eigenvalue weighted by molar-refractivity contribution is 6.11. The van der Waals surface area contributed by atoms with Crippen molar-refractivity contribution in [3.05, 3.63) is 66.5 Å². The second-order valence-electron chi connectivity index (χ2n) is 8.66. The quantitative estimate of drug-likeness (QED) is 0.186. The molecule has 4 rings (SSSR count). The minimum absolute atomic E-state index is 0.176. The maximum Gasteiger partial charge on any atom is 0.156 e. The summed E-state index contributed by atoms with van der Waals surface area (Å²) in [6, 6.07) is 10.6. The Kier molecular flexibility index (Phi) is 9.12. The second kappa shape index (κ2) is 12.9. The van der Waals surface area contributed by atoms with Crippen LogP contribution in [0.15, 0.2) is 60.1 Å². The molecule has 0 radical (unpaired) electrons. The SMILES string of the molecule is CN=CC(=CN)c1cc(O[C@H](C)CCOCCNC)c2c(Nc3ccc4ncccc4c3F)ncnc2c1. The lowest BCUT2D eigenvalue weighted by molar-refractivity contribution is 0.101. The van der Waals surface area contributed by atoms with E-state index in [0.29, 0.717) is 58.6 Å². The van der Waals surface area contributed by atoms with Crippen LogP contribution >= 0.6 is 0 Å². The minimum atomic E-state index is -0.416. The van der Waals surface area contributed by atoms with Crippen LogP contribution in [0, 0.1) is 5.82 Å². The van der Waals surface area contributed by atoms with E-state index < -0.39 is 5.82 Å². The fourth-order valence-electron chi connectivity index (χ4n) is 4.00. The molecule has 4 aromatic rings. The van der Waals surface area contributed by atoms with E-state index in [4.69, 9.17) is 15.2 Å². The zero-order chi connectivity index (χ0) is 26.9. The van der Waals surface area contributed by atoms with E-state index >= 15 is 4.39 Å². The Hall–Kier alpha value is -4.15. The number of pyridine rings is 1. The van der Waals surface area contributed by atoms with Gasteiger partial charge < -0.3 is 25.8 Å². The molecule has 0 aliphatic carbocycles. The molecule has 0 amide bonds. The summed E-state index contributed by atoms with van der Waals surface area (Å²) in [5, 5.41) is 7.23. The third-order valence-electron chi connectivity index (χ3n) is 5.95. The molecule has 38 heavy (non-hydrogen) atoms. The van der Waals surface area contributed by atoms with Crippen molar-refractivity contribution in [2.75, 3.05) is 39.2 Å². The highest BCUT2D eigenvalue weighted by Crippen LogP contribution is 2.36. The summed E-state index contributed by atoms with van der Waals surface area (Å²) < 4.78 is 27.4. The van der Waals surface area contributed by atoms with Crippen LogP contribution in [0.3, 0.4) is 0 Å². The van der Waals surface area contributed by atoms with Crippen molar-refractivity contribution in [1.82, 2.24) is 20.3 Å². The molecule has 0 saturated heterocycles. The number of hydrogen-bond donors (Lipinski definition) is 3. The van der Waals surface area contributed by atoms with Crippen molar-refractivity contribution in [3.63, 3.8) is 0 Å². The van der Waals surface area contributed by atoms with Gasteiger partial charge in [0.15, 0.2) is 5.82 Å². The summed E-state index contributed by atoms with van der Waals surface area (Å²) in [5.41, 5.74) is 8.82. The normalized spacial score (nSPS) is 12.9. The summed E-state index contributed by atoms with van der Waals surface area (Å²) in [6.07, 6.45) is 6.71. The molecule has 2 aromatic heterocycles. The number of halogens is 1. The van der Waals surface area contributed by atoms with Crippen molar-refractivity contribution in [2.45, 2.75) is 19.4 Å². The number of fused-ring (bicyclic) bond motifs is 2. The summed E-state index contributed by atoms with van der Waals surface area (Å²) in [5.74, 6) is 0.537. The molecular formula is C28H32FN7O2. The Morgan fingerprint density at radius 2 is 2.03 bits per heavy atom. The molecule has 10 heteroatoms. The molecule has 0 fully saturated rings. The monoisotopic (exact) mass is 517 g/mol. The van der Waals surface area contributed by atoms with Crippen LogP contribution in [0.25, 0.3) is 27.4 Å². The van der Waals surface area contributed by atoms with Gasteiger partial charge in [-0.15, -0.1) is 0 Å². The Bertz CT molecular complexity index is 1460. The number of hydrogen-bond acceptors (Lipinski definition) is 9. The number of allylic oxidation sites excluding steroid dienone is 1. The summed E-state index contributed by atoms with van der Waals surface area (Å²) in [4.78, 5) is 17.2. The van der Waals surface area contributed by atoms with Crippen LogP contribution < -0.4 is 21.1 Å². The van der Waals surface area contributed by atoms with Crippen LogP contribution in [0.1, 0.15) is 18.9 Å². The molecule has 0 saturated carbocycles. The predicted octanol–water partition coefficient (Wildman–Crippen LogP) is 4.45. The van der Waals surface area contributed by atoms with Crippen molar-refractivity contribution in [2.24, 2.45) is 10.7 Å². The Morgan fingerprint density at radius 3 is 2.82 bits per heavy atom. The third kappa shape index (κ3) is 6.21. The number of nitrogens with two attached hydrogens (primary N) is 1. The number of ether oxygens (including phenoxy) is 2. The van der Waals surface area contributed by atoms with Gasteiger partial charge in [0.1, 0.15) is 17.9 Å². The van der Waals surface area contributed by atoms with Gasteiger partial charge in [-0.25, -0.2) is 14.4 Å². The number of nitrogens with one attached hydrogen (secondary N) is 2. The average molecular weight is 518 g/mol. The zero-order valence-corrected chi connectivity index (χ0v) is 21.7. The van der Waals surface area contributed by atoms with Gasteiger partial charge in [0.05, 0.1) is 41.4 Å². The predicted molar refractivity (Wildman–Crippen MR) is 151 cm³/mol. The fourth-order valence-corrected chi connectivity index (χ4v) is 4.00. The topological polar surface area (TPSA) is 120 Å². The van der Waals surface area contributed by atoms with Crippen LogP contribution in [-0.2, 0) is 4.74 Å². The number of benzene rings is 2. The fraction of sp³-hybridized carbons (Fsp3) is 0.286. The highest BCUT2D eigenvalue weighted by atomic mass is 19.1. The molecular weight excluding hydrogens is 485 g/mol. The van der Waals surface area contributed by atoms with E-state index in [0.717, 1.165) is 12.1 Å². The zero-order valence-electron chi connectivity index (χ0n) is 21.7. The smallest absolute Gasteiger partial charge is 0.156 e. The van der Waals surface area contributed by atoms with Crippen LogP contribution in [0.2, 0.25) is 0 Å². The van der Waals surface area contributed by atoms with E-state index in [2.05, 4.69) is 30.6 Å². The third-order valence-corrected chi connectivity index (χ3v) is 5.95. The summed E-state index contributed by atoms with van der Waals surface area (Å²) >= 11 is 0. The van der Waals surface area contributed by atoms with E-state index in [1.807, 2.05) is 26.1 Å².